The maximum Gasteiger partial charge on any atom is 0.416 e. The average Bonchev–Trinajstić information content (AvgIpc) is 2.47. The molecule has 0 saturated heterocycles. The molecule has 0 heterocycles. The molecule has 1 aliphatic carbocycles. The number of hydrogen-bond acceptors (Lipinski definition) is 2. The molecule has 3 N–H and O–H groups in total. The normalized spacial score (nSPS) is 21.8. The van der Waals surface area contributed by atoms with Gasteiger partial charge in [0.1, 0.15) is 0 Å². The summed E-state index contributed by atoms with van der Waals surface area (Å²) in [4.78, 5) is 11.8. The van der Waals surface area contributed by atoms with Gasteiger partial charge >= 0.3 is 12.2 Å². The van der Waals surface area contributed by atoms with Crippen molar-refractivity contribution in [2.45, 2.75) is 57.5 Å². The molecule has 1 fully saturated rings. The Labute approximate surface area is 133 Å². The van der Waals surface area contributed by atoms with Crippen LogP contribution in [0.1, 0.15) is 42.4 Å². The smallest absolute Gasteiger partial charge is 0.393 e. The van der Waals surface area contributed by atoms with Crippen molar-refractivity contribution in [1.29, 1.82) is 0 Å². The molecule has 0 aliphatic heterocycles. The van der Waals surface area contributed by atoms with Crippen molar-refractivity contribution >= 4 is 6.03 Å². The summed E-state index contributed by atoms with van der Waals surface area (Å²) in [6, 6.07) is 3.18. The predicted octanol–water partition coefficient (Wildman–Crippen LogP) is 3.12. The van der Waals surface area contributed by atoms with Gasteiger partial charge in [-0.15, -0.1) is 0 Å². The van der Waals surface area contributed by atoms with Crippen LogP contribution < -0.4 is 10.6 Å². The van der Waals surface area contributed by atoms with E-state index in [9.17, 15) is 23.1 Å². The van der Waals surface area contributed by atoms with Gasteiger partial charge in [-0.1, -0.05) is 6.07 Å². The van der Waals surface area contributed by atoms with Crippen LogP contribution in [0, 0.1) is 6.92 Å². The third-order valence-corrected chi connectivity index (χ3v) is 4.14. The molecule has 0 unspecified atom stereocenters. The Morgan fingerprint density at radius 1 is 1.26 bits per heavy atom. The van der Waals surface area contributed by atoms with Crippen LogP contribution in [0.15, 0.2) is 18.2 Å². The van der Waals surface area contributed by atoms with Crippen LogP contribution in [0.3, 0.4) is 0 Å². The lowest BCUT2D eigenvalue weighted by molar-refractivity contribution is -0.137. The minimum Gasteiger partial charge on any atom is -0.393 e. The quantitative estimate of drug-likeness (QED) is 0.797. The largest absolute Gasteiger partial charge is 0.416 e. The number of nitrogens with one attached hydrogen (secondary N) is 2. The maximum absolute atomic E-state index is 12.6. The highest BCUT2D eigenvalue weighted by molar-refractivity contribution is 5.74. The maximum atomic E-state index is 12.6. The molecule has 23 heavy (non-hydrogen) atoms. The Kier molecular flexibility index (Phi) is 5.51. The first-order chi connectivity index (χ1) is 10.8. The van der Waals surface area contributed by atoms with Gasteiger partial charge in [0.2, 0.25) is 0 Å². The third kappa shape index (κ3) is 5.13. The first kappa shape index (κ1) is 17.6. The molecule has 1 saturated carbocycles. The molecule has 0 radical (unpaired) electrons. The van der Waals surface area contributed by atoms with Crippen molar-refractivity contribution in [2.24, 2.45) is 0 Å². The molecule has 1 aromatic rings. The Balaban J connectivity index is 1.84. The summed E-state index contributed by atoms with van der Waals surface area (Å²) in [5.41, 5.74) is 0.442. The van der Waals surface area contributed by atoms with Gasteiger partial charge in [-0.05, 0) is 55.9 Å². The summed E-state index contributed by atoms with van der Waals surface area (Å²) >= 11 is 0. The Bertz CT molecular complexity index is 553. The van der Waals surface area contributed by atoms with Crippen LogP contribution in [0.5, 0.6) is 0 Å². The molecule has 1 aromatic carbocycles. The Morgan fingerprint density at radius 3 is 2.48 bits per heavy atom. The molecule has 2 rings (SSSR count). The van der Waals surface area contributed by atoms with Crippen LogP contribution >= 0.6 is 0 Å². The first-order valence-electron chi connectivity index (χ1n) is 7.65. The van der Waals surface area contributed by atoms with Crippen molar-refractivity contribution in [3.8, 4) is 0 Å². The number of carbonyl (C=O) groups excluding carboxylic acids is 1. The van der Waals surface area contributed by atoms with E-state index in [0.717, 1.165) is 25.0 Å². The van der Waals surface area contributed by atoms with Crippen LogP contribution in [-0.4, -0.2) is 23.3 Å². The second-order valence-electron chi connectivity index (χ2n) is 5.97. The average molecular weight is 330 g/mol. The lowest BCUT2D eigenvalue weighted by Crippen LogP contribution is -2.43. The van der Waals surface area contributed by atoms with Crippen LogP contribution in [0.4, 0.5) is 18.0 Å². The summed E-state index contributed by atoms with van der Waals surface area (Å²) in [6.45, 7) is 1.76. The van der Waals surface area contributed by atoms with Crippen molar-refractivity contribution in [3.63, 3.8) is 0 Å². The van der Waals surface area contributed by atoms with E-state index in [1.165, 1.54) is 6.07 Å². The monoisotopic (exact) mass is 330 g/mol. The number of urea groups is 1. The number of aliphatic hydroxyl groups excluding tert-OH is 1. The number of aryl methyl sites for hydroxylation is 1. The van der Waals surface area contributed by atoms with Crippen molar-refractivity contribution < 1.29 is 23.1 Å². The predicted molar refractivity (Wildman–Crippen MR) is 79.8 cm³/mol. The van der Waals surface area contributed by atoms with Gasteiger partial charge in [0.05, 0.1) is 11.7 Å². The summed E-state index contributed by atoms with van der Waals surface area (Å²) in [6.07, 6.45) is -1.85. The number of halogens is 3. The molecule has 4 nitrogen and oxygen atoms in total. The van der Waals surface area contributed by atoms with Gasteiger partial charge in [0.25, 0.3) is 0 Å². The zero-order chi connectivity index (χ0) is 17.0. The second-order valence-corrected chi connectivity index (χ2v) is 5.97. The molecule has 0 aromatic heterocycles. The minimum absolute atomic E-state index is 0.0344. The van der Waals surface area contributed by atoms with E-state index < -0.39 is 11.7 Å². The summed E-state index contributed by atoms with van der Waals surface area (Å²) in [5.74, 6) is 0. The number of rotatable bonds is 3. The topological polar surface area (TPSA) is 61.4 Å². The van der Waals surface area contributed by atoms with Gasteiger partial charge in [0, 0.05) is 12.6 Å². The molecule has 7 heteroatoms. The van der Waals surface area contributed by atoms with Crippen molar-refractivity contribution in [3.05, 3.63) is 34.9 Å². The van der Waals surface area contributed by atoms with Crippen LogP contribution in [0.25, 0.3) is 0 Å². The summed E-state index contributed by atoms with van der Waals surface area (Å²) < 4.78 is 37.8. The summed E-state index contributed by atoms with van der Waals surface area (Å²) in [7, 11) is 0. The van der Waals surface area contributed by atoms with Gasteiger partial charge in [-0.2, -0.15) is 13.2 Å². The van der Waals surface area contributed by atoms with E-state index >= 15 is 0 Å². The number of amides is 2. The van der Waals surface area contributed by atoms with Crippen LogP contribution in [0.2, 0.25) is 0 Å². The SMILES string of the molecule is Cc1cc(C(F)(F)F)ccc1CNC(=O)NC1CCC(O)CC1. The van der Waals surface area contributed by atoms with E-state index in [0.29, 0.717) is 24.0 Å². The lowest BCUT2D eigenvalue weighted by Gasteiger charge is -2.26. The first-order valence-corrected chi connectivity index (χ1v) is 7.65. The van der Waals surface area contributed by atoms with Gasteiger partial charge in [-0.3, -0.25) is 0 Å². The summed E-state index contributed by atoms with van der Waals surface area (Å²) in [5, 5.41) is 14.9. The fraction of sp³-hybridized carbons (Fsp3) is 0.562. The molecule has 0 bridgehead atoms. The number of alkyl halides is 3. The highest BCUT2D eigenvalue weighted by atomic mass is 19.4. The van der Waals surface area contributed by atoms with E-state index in [2.05, 4.69) is 10.6 Å². The third-order valence-electron chi connectivity index (χ3n) is 4.14. The second kappa shape index (κ2) is 7.21. The zero-order valence-electron chi connectivity index (χ0n) is 12.9. The van der Waals surface area contributed by atoms with Gasteiger partial charge in [-0.25, -0.2) is 4.79 Å². The van der Waals surface area contributed by atoms with E-state index in [1.54, 1.807) is 6.92 Å². The highest BCUT2D eigenvalue weighted by Gasteiger charge is 2.30. The molecule has 128 valence electrons. The van der Waals surface area contributed by atoms with Crippen molar-refractivity contribution in [2.75, 3.05) is 0 Å². The van der Waals surface area contributed by atoms with Crippen LogP contribution in [-0.2, 0) is 12.7 Å². The lowest BCUT2D eigenvalue weighted by atomic mass is 9.93. The number of hydrogen-bond donors (Lipinski definition) is 3. The number of carbonyl (C=O) groups is 1. The van der Waals surface area contributed by atoms with Gasteiger partial charge < -0.3 is 15.7 Å². The van der Waals surface area contributed by atoms with Crippen molar-refractivity contribution in [1.82, 2.24) is 10.6 Å². The molecular formula is C16H21F3N2O2. The standard InChI is InChI=1S/C16H21F3N2O2/c1-10-8-12(16(17,18)19)3-2-11(10)9-20-15(23)21-13-4-6-14(22)7-5-13/h2-3,8,13-14,22H,4-7,9H2,1H3,(H2,20,21,23). The van der Waals surface area contributed by atoms with Gasteiger partial charge in [0.15, 0.2) is 0 Å². The molecule has 0 atom stereocenters. The van der Waals surface area contributed by atoms with E-state index in [4.69, 9.17) is 0 Å². The molecular weight excluding hydrogens is 309 g/mol. The fourth-order valence-electron chi connectivity index (χ4n) is 2.70. The number of benzene rings is 1. The minimum atomic E-state index is -4.36. The Morgan fingerprint density at radius 2 is 1.91 bits per heavy atom. The highest BCUT2D eigenvalue weighted by Crippen LogP contribution is 2.30. The molecule has 1 aliphatic rings. The molecule has 0 spiro atoms. The fourth-order valence-corrected chi connectivity index (χ4v) is 2.70. The number of aliphatic hydroxyl groups is 1. The molecule has 2 amide bonds. The van der Waals surface area contributed by atoms with E-state index in [1.807, 2.05) is 0 Å². The zero-order valence-corrected chi connectivity index (χ0v) is 12.9. The van der Waals surface area contributed by atoms with E-state index in [-0.39, 0.29) is 24.7 Å². The Hall–Kier alpha value is -1.76.